The molecule has 5 amide bonds. The molecule has 8 N–H and O–H groups in total. The summed E-state index contributed by atoms with van der Waals surface area (Å²) in [7, 11) is 0. The van der Waals surface area contributed by atoms with Gasteiger partial charge in [0.05, 0.1) is 55.1 Å². The van der Waals surface area contributed by atoms with Crippen molar-refractivity contribution in [3.8, 4) is 6.07 Å². The van der Waals surface area contributed by atoms with Crippen LogP contribution in [0, 0.1) is 11.3 Å². The van der Waals surface area contributed by atoms with Crippen molar-refractivity contribution in [3.63, 3.8) is 0 Å². The van der Waals surface area contributed by atoms with Gasteiger partial charge in [0.1, 0.15) is 6.04 Å². The number of anilines is 1. The van der Waals surface area contributed by atoms with Crippen molar-refractivity contribution < 1.29 is 62.8 Å². The number of likely N-dealkylation sites (tertiary alicyclic amines) is 1. The molecule has 1 aromatic heterocycles. The summed E-state index contributed by atoms with van der Waals surface area (Å²) >= 11 is 0. The zero-order valence-electron chi connectivity index (χ0n) is 33.2. The lowest BCUT2D eigenvalue weighted by Crippen LogP contribution is -2.49. The van der Waals surface area contributed by atoms with Crippen molar-refractivity contribution in [1.82, 2.24) is 40.5 Å². The average molecular weight is 861 g/mol. The van der Waals surface area contributed by atoms with Crippen molar-refractivity contribution in [3.05, 3.63) is 36.0 Å². The van der Waals surface area contributed by atoms with Crippen LogP contribution in [0.25, 0.3) is 10.9 Å². The summed E-state index contributed by atoms with van der Waals surface area (Å²) in [4.78, 5) is 96.1. The lowest BCUT2D eigenvalue weighted by Gasteiger charge is -2.34. The second kappa shape index (κ2) is 22.6. The van der Waals surface area contributed by atoms with E-state index < -0.39 is 85.3 Å². The molecule has 21 nitrogen and oxygen atoms in total. The van der Waals surface area contributed by atoms with E-state index in [0.717, 1.165) is 4.90 Å². The number of carbonyl (C=O) groups excluding carboxylic acids is 5. The summed E-state index contributed by atoms with van der Waals surface area (Å²) in [6, 6.07) is 5.45. The number of aliphatic hydroxyl groups is 2. The van der Waals surface area contributed by atoms with E-state index in [9.17, 15) is 62.8 Å². The lowest BCUT2D eigenvalue weighted by atomic mass is 10.1. The number of carbonyl (C=O) groups is 7. The number of amides is 5. The third kappa shape index (κ3) is 14.9. The second-order valence-corrected chi connectivity index (χ2v) is 14.6. The Hall–Kier alpha value is -5.93. The van der Waals surface area contributed by atoms with Gasteiger partial charge in [-0.15, -0.1) is 0 Å². The van der Waals surface area contributed by atoms with Gasteiger partial charge in [-0.05, 0) is 18.6 Å². The fourth-order valence-electron chi connectivity index (χ4n) is 7.03. The highest BCUT2D eigenvalue weighted by molar-refractivity contribution is 6.10. The Morgan fingerprint density at radius 2 is 1.43 bits per heavy atom. The van der Waals surface area contributed by atoms with Crippen LogP contribution in [0.4, 0.5) is 14.5 Å². The number of carboxylic acids is 2. The Morgan fingerprint density at radius 1 is 0.836 bits per heavy atom. The van der Waals surface area contributed by atoms with Gasteiger partial charge >= 0.3 is 11.9 Å². The molecule has 0 aliphatic carbocycles. The van der Waals surface area contributed by atoms with Gasteiger partial charge in [-0.2, -0.15) is 5.26 Å². The van der Waals surface area contributed by atoms with E-state index in [4.69, 9.17) is 5.26 Å². The quantitative estimate of drug-likeness (QED) is 0.0573. The number of aromatic nitrogens is 1. The first-order chi connectivity index (χ1) is 29.0. The number of nitriles is 1. The molecule has 1 unspecified atom stereocenters. The van der Waals surface area contributed by atoms with Crippen LogP contribution in [-0.2, 0) is 28.8 Å². The van der Waals surface area contributed by atoms with Gasteiger partial charge in [-0.1, -0.05) is 12.1 Å². The summed E-state index contributed by atoms with van der Waals surface area (Å²) in [5, 5.41) is 58.7. The van der Waals surface area contributed by atoms with E-state index in [1.54, 1.807) is 32.9 Å². The molecule has 2 aliphatic rings. The summed E-state index contributed by atoms with van der Waals surface area (Å²) in [5.74, 6) is -8.37. The van der Waals surface area contributed by atoms with Crippen LogP contribution in [0.2, 0.25) is 0 Å². The minimum Gasteiger partial charge on any atom is -0.480 e. The highest BCUT2D eigenvalue weighted by atomic mass is 19.3. The fraction of sp³-hybridized carbons (Fsp3) is 0.553. The number of hydrogen-bond acceptors (Lipinski definition) is 14. The van der Waals surface area contributed by atoms with Crippen LogP contribution in [0.3, 0.4) is 0 Å². The molecule has 2 aromatic rings. The summed E-state index contributed by atoms with van der Waals surface area (Å²) in [6.07, 6.45) is -1.89. The SMILES string of the molecule is N#C[C@@H]1CC(F)(F)CN1C(=O)CNC(=O)c1ccnc2c(NC(=O)CCC(=O)NCCNC(=O)CCC(C(O)O)N3CCN(CC(=O)O)CCN(CC(=O)O)CC3)cccc12. The molecule has 1 aromatic carbocycles. The number of nitrogens with one attached hydrogen (secondary N) is 4. The smallest absolute Gasteiger partial charge is 0.317 e. The third-order valence-electron chi connectivity index (χ3n) is 10.1. The molecule has 3 heterocycles. The van der Waals surface area contributed by atoms with Crippen LogP contribution in [0.15, 0.2) is 30.5 Å². The fourth-order valence-corrected chi connectivity index (χ4v) is 7.03. The van der Waals surface area contributed by atoms with Crippen LogP contribution >= 0.6 is 0 Å². The molecular formula is C38H50F2N10O11. The van der Waals surface area contributed by atoms with Crippen LogP contribution < -0.4 is 21.3 Å². The van der Waals surface area contributed by atoms with Crippen LogP contribution in [0.5, 0.6) is 0 Å². The number of aliphatic carboxylic acids is 2. The topological polar surface area (TPSA) is 298 Å². The number of carboxylic acid groups (broad SMARTS) is 2. The molecule has 2 fully saturated rings. The zero-order valence-corrected chi connectivity index (χ0v) is 33.2. The number of nitrogens with zero attached hydrogens (tertiary/aromatic N) is 6. The van der Waals surface area contributed by atoms with Gasteiger partial charge in [0, 0.05) is 89.6 Å². The highest BCUT2D eigenvalue weighted by Gasteiger charge is 2.47. The van der Waals surface area contributed by atoms with E-state index in [-0.39, 0.29) is 94.8 Å². The summed E-state index contributed by atoms with van der Waals surface area (Å²) in [5.41, 5.74) is 0.529. The normalized spacial score (nSPS) is 18.0. The number of rotatable bonds is 19. The van der Waals surface area contributed by atoms with E-state index >= 15 is 0 Å². The minimum atomic E-state index is -3.21. The molecule has 2 atom stereocenters. The van der Waals surface area contributed by atoms with Gasteiger partial charge in [-0.3, -0.25) is 53.2 Å². The molecule has 4 rings (SSSR count). The van der Waals surface area contributed by atoms with Gasteiger partial charge in [0.25, 0.3) is 11.8 Å². The number of halogens is 2. The van der Waals surface area contributed by atoms with E-state index in [1.165, 1.54) is 18.3 Å². The average Bonchev–Trinajstić information content (AvgIpc) is 3.57. The van der Waals surface area contributed by atoms with Gasteiger partial charge in [0.15, 0.2) is 6.29 Å². The molecule has 2 aliphatic heterocycles. The highest BCUT2D eigenvalue weighted by Crippen LogP contribution is 2.31. The Bertz CT molecular complexity index is 1940. The Morgan fingerprint density at radius 3 is 2.02 bits per heavy atom. The molecule has 0 radical (unpaired) electrons. The van der Waals surface area contributed by atoms with E-state index in [1.807, 2.05) is 0 Å². The van der Waals surface area contributed by atoms with Crippen molar-refractivity contribution >= 4 is 58.1 Å². The maximum atomic E-state index is 13.8. The minimum absolute atomic E-state index is 0.0136. The predicted molar refractivity (Wildman–Crippen MR) is 210 cm³/mol. The third-order valence-corrected chi connectivity index (χ3v) is 10.1. The Balaban J connectivity index is 1.20. The number of hydrogen-bond donors (Lipinski definition) is 8. The monoisotopic (exact) mass is 860 g/mol. The molecule has 23 heteroatoms. The Labute approximate surface area is 348 Å². The maximum absolute atomic E-state index is 13.8. The standard InChI is InChI=1S/C38H50F2N10O11/c39-38(40)18-24(19-41)50(23-38)32(54)20-45-36(59)26-8-9-44-35-25(26)2-1-3-27(35)46-31(53)7-6-30(52)43-11-10-42-29(51)5-4-28(37(60)61)49-16-14-47(21-33(55)56)12-13-48(15-17-49)22-34(57)58/h1-3,8-9,24,28,37,60-61H,4-7,10-18,20-23H2,(H,42,51)(H,43,52)(H,45,59)(H,46,53)(H,55,56)(H,57,58)/t24-,28?/m0/s1. The summed E-state index contributed by atoms with van der Waals surface area (Å²) < 4.78 is 27.6. The molecule has 0 saturated carbocycles. The van der Waals surface area contributed by atoms with Crippen molar-refractivity contribution in [2.24, 2.45) is 0 Å². The maximum Gasteiger partial charge on any atom is 0.317 e. The summed E-state index contributed by atoms with van der Waals surface area (Å²) in [6.45, 7) is -0.444. The van der Waals surface area contributed by atoms with Gasteiger partial charge in [0.2, 0.25) is 23.6 Å². The first-order valence-electron chi connectivity index (χ1n) is 19.5. The first kappa shape index (κ1) is 47.7. The number of aliphatic hydroxyl groups excluding tert-OH is 1. The Kier molecular flexibility index (Phi) is 17.7. The molecule has 0 bridgehead atoms. The number of alkyl halides is 2. The van der Waals surface area contributed by atoms with Crippen molar-refractivity contribution in [2.75, 3.05) is 83.9 Å². The van der Waals surface area contributed by atoms with E-state index in [0.29, 0.717) is 18.5 Å². The van der Waals surface area contributed by atoms with Crippen molar-refractivity contribution in [1.29, 1.82) is 5.26 Å². The predicted octanol–water partition coefficient (Wildman–Crippen LogP) is -1.78. The second-order valence-electron chi connectivity index (χ2n) is 14.6. The van der Waals surface area contributed by atoms with E-state index in [2.05, 4.69) is 26.3 Å². The number of para-hydroxylation sites is 1. The molecule has 2 saturated heterocycles. The first-order valence-corrected chi connectivity index (χ1v) is 19.5. The van der Waals surface area contributed by atoms with Gasteiger partial charge < -0.3 is 46.6 Å². The number of fused-ring (bicyclic) bond motifs is 1. The van der Waals surface area contributed by atoms with Crippen LogP contribution in [0.1, 0.15) is 42.5 Å². The van der Waals surface area contributed by atoms with Crippen LogP contribution in [-0.4, -0.2) is 189 Å². The molecule has 61 heavy (non-hydrogen) atoms. The zero-order chi connectivity index (χ0) is 44.7. The lowest BCUT2D eigenvalue weighted by molar-refractivity contribution is -0.140. The van der Waals surface area contributed by atoms with Crippen molar-refractivity contribution in [2.45, 2.75) is 56.4 Å². The number of pyridine rings is 1. The number of benzene rings is 1. The van der Waals surface area contributed by atoms with Gasteiger partial charge in [-0.25, -0.2) is 8.78 Å². The molecular weight excluding hydrogens is 810 g/mol. The molecule has 332 valence electrons. The largest absolute Gasteiger partial charge is 0.480 e. The molecule has 0 spiro atoms.